The third kappa shape index (κ3) is 10.5. The Hall–Kier alpha value is -2.77. The summed E-state index contributed by atoms with van der Waals surface area (Å²) in [5, 5.41) is 17.5. The van der Waals surface area contributed by atoms with Gasteiger partial charge in [0.1, 0.15) is 18.1 Å². The number of likely N-dealkylation sites (tertiary alicyclic amines) is 1. The highest BCUT2D eigenvalue weighted by molar-refractivity contribution is 5.96. The summed E-state index contributed by atoms with van der Waals surface area (Å²) in [6.45, 7) is 6.69. The van der Waals surface area contributed by atoms with Gasteiger partial charge in [-0.25, -0.2) is 4.79 Å². The molecule has 1 aliphatic heterocycles. The Balaban J connectivity index is 2.80. The molecule has 1 aliphatic rings. The SMILES string of the molecule is CNCCN(C)CCN(C)CC(=O)N[C@@H](CC(N)=O)C(=O)N1CCC[C@H]1C(=O)N[C@H](C(=O)O)C(C)C. The topological polar surface area (TPSA) is 177 Å². The Kier molecular flexibility index (Phi) is 13.3. The zero-order valence-electron chi connectivity index (χ0n) is 22.1. The molecule has 0 aromatic carbocycles. The van der Waals surface area contributed by atoms with E-state index in [9.17, 15) is 29.1 Å². The standard InChI is InChI=1S/C23H43N7O6/c1-15(2)20(23(35)36)27-21(33)17-7-6-9-30(17)22(34)16(13-18(24)31)26-19(32)14-29(5)12-11-28(4)10-8-25-3/h15-17,20,25H,6-14H2,1-5H3,(H2,24,31)(H,26,32)(H,27,33)(H,35,36)/t16-,17-,20-/m0/s1. The summed E-state index contributed by atoms with van der Waals surface area (Å²) < 4.78 is 0. The van der Waals surface area contributed by atoms with Crippen molar-refractivity contribution in [1.82, 2.24) is 30.7 Å². The van der Waals surface area contributed by atoms with E-state index in [1.165, 1.54) is 4.90 Å². The van der Waals surface area contributed by atoms with E-state index in [2.05, 4.69) is 20.9 Å². The molecule has 0 bridgehead atoms. The van der Waals surface area contributed by atoms with Gasteiger partial charge in [0.2, 0.25) is 23.6 Å². The molecule has 36 heavy (non-hydrogen) atoms. The highest BCUT2D eigenvalue weighted by atomic mass is 16.4. The van der Waals surface area contributed by atoms with Crippen LogP contribution in [0.5, 0.6) is 0 Å². The van der Waals surface area contributed by atoms with Crippen molar-refractivity contribution in [2.45, 2.75) is 51.2 Å². The number of carboxylic acid groups (broad SMARTS) is 1. The van der Waals surface area contributed by atoms with Crippen molar-refractivity contribution in [2.24, 2.45) is 11.7 Å². The van der Waals surface area contributed by atoms with Gasteiger partial charge in [-0.1, -0.05) is 13.8 Å². The summed E-state index contributed by atoms with van der Waals surface area (Å²) >= 11 is 0. The minimum absolute atomic E-state index is 0.0149. The van der Waals surface area contributed by atoms with Crippen LogP contribution in [0.4, 0.5) is 0 Å². The molecule has 4 amide bonds. The Bertz CT molecular complexity index is 778. The Morgan fingerprint density at radius 2 is 1.69 bits per heavy atom. The predicted octanol–water partition coefficient (Wildman–Crippen LogP) is -2.35. The van der Waals surface area contributed by atoms with Gasteiger partial charge in [-0.3, -0.25) is 24.1 Å². The average Bonchev–Trinajstić information content (AvgIpc) is 3.28. The fourth-order valence-corrected chi connectivity index (χ4v) is 3.99. The van der Waals surface area contributed by atoms with Crippen LogP contribution >= 0.6 is 0 Å². The molecule has 3 atom stereocenters. The van der Waals surface area contributed by atoms with Gasteiger partial charge >= 0.3 is 5.97 Å². The van der Waals surface area contributed by atoms with Gasteiger partial charge in [0.25, 0.3) is 0 Å². The summed E-state index contributed by atoms with van der Waals surface area (Å²) in [6, 6.07) is -3.19. The van der Waals surface area contributed by atoms with E-state index in [-0.39, 0.29) is 19.0 Å². The number of carbonyl (C=O) groups excluding carboxylic acids is 4. The number of nitrogens with two attached hydrogens (primary N) is 1. The Morgan fingerprint density at radius 1 is 1.06 bits per heavy atom. The van der Waals surface area contributed by atoms with Crippen LogP contribution < -0.4 is 21.7 Å². The van der Waals surface area contributed by atoms with E-state index in [1.54, 1.807) is 25.8 Å². The summed E-state index contributed by atoms with van der Waals surface area (Å²) in [7, 11) is 5.64. The number of aliphatic carboxylic acids is 1. The van der Waals surface area contributed by atoms with E-state index in [1.807, 2.05) is 14.1 Å². The number of nitrogens with zero attached hydrogens (tertiary/aromatic N) is 3. The van der Waals surface area contributed by atoms with Crippen LogP contribution in [-0.4, -0.2) is 128 Å². The second-order valence-electron chi connectivity index (χ2n) is 9.69. The van der Waals surface area contributed by atoms with Gasteiger partial charge in [-0.05, 0) is 39.9 Å². The first-order valence-corrected chi connectivity index (χ1v) is 12.3. The lowest BCUT2D eigenvalue weighted by molar-refractivity contribution is -0.146. The lowest BCUT2D eigenvalue weighted by Gasteiger charge is -2.30. The van der Waals surface area contributed by atoms with Crippen LogP contribution in [0.1, 0.15) is 33.1 Å². The summed E-state index contributed by atoms with van der Waals surface area (Å²) in [4.78, 5) is 67.1. The number of hydrogen-bond donors (Lipinski definition) is 5. The van der Waals surface area contributed by atoms with Crippen molar-refractivity contribution in [3.8, 4) is 0 Å². The number of rotatable bonds is 16. The molecule has 1 heterocycles. The number of carbonyl (C=O) groups is 5. The van der Waals surface area contributed by atoms with Gasteiger partial charge in [-0.15, -0.1) is 0 Å². The lowest BCUT2D eigenvalue weighted by Crippen LogP contribution is -2.57. The molecular weight excluding hydrogens is 470 g/mol. The molecule has 13 heteroatoms. The third-order valence-electron chi connectivity index (χ3n) is 6.13. The molecule has 0 radical (unpaired) electrons. The number of primary amides is 1. The molecule has 0 aliphatic carbocycles. The second kappa shape index (κ2) is 15.4. The first-order chi connectivity index (χ1) is 16.9. The van der Waals surface area contributed by atoms with E-state index < -0.39 is 54.1 Å². The van der Waals surface area contributed by atoms with Gasteiger partial charge in [0.15, 0.2) is 0 Å². The van der Waals surface area contributed by atoms with Crippen molar-refractivity contribution >= 4 is 29.6 Å². The molecule has 1 rings (SSSR count). The molecule has 206 valence electrons. The summed E-state index contributed by atoms with van der Waals surface area (Å²) in [6.07, 6.45) is 0.475. The molecular formula is C23H43N7O6. The number of carboxylic acids is 1. The summed E-state index contributed by atoms with van der Waals surface area (Å²) in [5.74, 6) is -3.89. The lowest BCUT2D eigenvalue weighted by atomic mass is 10.0. The van der Waals surface area contributed by atoms with E-state index >= 15 is 0 Å². The van der Waals surface area contributed by atoms with Gasteiger partial charge in [-0.2, -0.15) is 0 Å². The molecule has 6 N–H and O–H groups in total. The predicted molar refractivity (Wildman–Crippen MR) is 134 cm³/mol. The second-order valence-corrected chi connectivity index (χ2v) is 9.69. The molecule has 0 aromatic rings. The number of amides is 4. The van der Waals surface area contributed by atoms with E-state index in [4.69, 9.17) is 5.73 Å². The highest BCUT2D eigenvalue weighted by Gasteiger charge is 2.39. The first kappa shape index (κ1) is 31.3. The monoisotopic (exact) mass is 513 g/mol. The maximum absolute atomic E-state index is 13.3. The zero-order chi connectivity index (χ0) is 27.4. The van der Waals surface area contributed by atoms with E-state index in [0.29, 0.717) is 19.4 Å². The molecule has 1 saturated heterocycles. The van der Waals surface area contributed by atoms with Crippen molar-refractivity contribution in [3.63, 3.8) is 0 Å². The maximum atomic E-state index is 13.3. The first-order valence-electron chi connectivity index (χ1n) is 12.3. The highest BCUT2D eigenvalue weighted by Crippen LogP contribution is 2.20. The van der Waals surface area contributed by atoms with Crippen LogP contribution in [0.25, 0.3) is 0 Å². The Labute approximate surface area is 213 Å². The number of likely N-dealkylation sites (N-methyl/N-ethyl adjacent to an activating group) is 3. The molecule has 0 spiro atoms. The molecule has 0 saturated carbocycles. The van der Waals surface area contributed by atoms with Crippen LogP contribution in [0.15, 0.2) is 0 Å². The van der Waals surface area contributed by atoms with Crippen LogP contribution in [-0.2, 0) is 24.0 Å². The number of hydrogen-bond acceptors (Lipinski definition) is 8. The zero-order valence-corrected chi connectivity index (χ0v) is 22.1. The van der Waals surface area contributed by atoms with Crippen molar-refractivity contribution < 1.29 is 29.1 Å². The van der Waals surface area contributed by atoms with Crippen LogP contribution in [0.3, 0.4) is 0 Å². The molecule has 1 fully saturated rings. The molecule has 0 aromatic heterocycles. The normalized spacial score (nSPS) is 17.3. The minimum Gasteiger partial charge on any atom is -0.480 e. The van der Waals surface area contributed by atoms with Gasteiger partial charge < -0.3 is 36.6 Å². The average molecular weight is 514 g/mol. The van der Waals surface area contributed by atoms with Crippen molar-refractivity contribution in [2.75, 3.05) is 60.4 Å². The fourth-order valence-electron chi connectivity index (χ4n) is 3.99. The van der Waals surface area contributed by atoms with Gasteiger partial charge in [0, 0.05) is 32.7 Å². The molecule has 13 nitrogen and oxygen atoms in total. The van der Waals surface area contributed by atoms with Crippen molar-refractivity contribution in [3.05, 3.63) is 0 Å². The maximum Gasteiger partial charge on any atom is 0.326 e. The quantitative estimate of drug-likeness (QED) is 0.151. The van der Waals surface area contributed by atoms with Crippen LogP contribution in [0.2, 0.25) is 0 Å². The van der Waals surface area contributed by atoms with E-state index in [0.717, 1.165) is 19.6 Å². The Morgan fingerprint density at radius 3 is 2.25 bits per heavy atom. The van der Waals surface area contributed by atoms with Crippen LogP contribution in [0, 0.1) is 5.92 Å². The third-order valence-corrected chi connectivity index (χ3v) is 6.13. The smallest absolute Gasteiger partial charge is 0.326 e. The summed E-state index contributed by atoms with van der Waals surface area (Å²) in [5.41, 5.74) is 5.33. The fraction of sp³-hybridized carbons (Fsp3) is 0.783. The molecule has 0 unspecified atom stereocenters. The minimum atomic E-state index is -1.21. The number of nitrogens with one attached hydrogen (secondary N) is 3. The largest absolute Gasteiger partial charge is 0.480 e. The van der Waals surface area contributed by atoms with Gasteiger partial charge in [0.05, 0.1) is 13.0 Å². The van der Waals surface area contributed by atoms with Crippen molar-refractivity contribution in [1.29, 1.82) is 0 Å².